The summed E-state index contributed by atoms with van der Waals surface area (Å²) in [6.45, 7) is 1.03. The van der Waals surface area contributed by atoms with Crippen molar-refractivity contribution in [2.24, 2.45) is 5.10 Å². The van der Waals surface area contributed by atoms with Crippen LogP contribution in [-0.4, -0.2) is 45.0 Å². The van der Waals surface area contributed by atoms with Crippen LogP contribution in [-0.2, 0) is 10.0 Å². The average molecular weight is 387 g/mol. The molecule has 1 aliphatic heterocycles. The SMILES string of the molecule is COc1cccc(/C=N/NC(=O)c2cccc(S(=O)(=O)N3CCCC3)c2)c1. The highest BCUT2D eigenvalue weighted by Gasteiger charge is 2.27. The molecule has 1 N–H and O–H groups in total. The lowest BCUT2D eigenvalue weighted by atomic mass is 10.2. The Bertz CT molecular complexity index is 951. The molecule has 1 fully saturated rings. The molecular formula is C19H21N3O4S. The molecule has 0 saturated carbocycles. The van der Waals surface area contributed by atoms with Crippen LogP contribution in [0.3, 0.4) is 0 Å². The summed E-state index contributed by atoms with van der Waals surface area (Å²) in [6, 6.07) is 13.2. The van der Waals surface area contributed by atoms with Crippen LogP contribution in [0.4, 0.5) is 0 Å². The van der Waals surface area contributed by atoms with E-state index in [0.717, 1.165) is 18.4 Å². The molecule has 0 radical (unpaired) electrons. The first-order valence-electron chi connectivity index (χ1n) is 8.58. The van der Waals surface area contributed by atoms with Crippen LogP contribution in [0.15, 0.2) is 58.5 Å². The van der Waals surface area contributed by atoms with E-state index in [2.05, 4.69) is 10.5 Å². The Balaban J connectivity index is 1.71. The van der Waals surface area contributed by atoms with Crippen LogP contribution in [0.2, 0.25) is 0 Å². The summed E-state index contributed by atoms with van der Waals surface area (Å²) < 4.78 is 31.8. The predicted molar refractivity (Wildman–Crippen MR) is 102 cm³/mol. The van der Waals surface area contributed by atoms with Gasteiger partial charge in [-0.2, -0.15) is 9.41 Å². The third-order valence-electron chi connectivity index (χ3n) is 4.27. The molecule has 0 aliphatic carbocycles. The van der Waals surface area contributed by atoms with Crippen LogP contribution >= 0.6 is 0 Å². The van der Waals surface area contributed by atoms with E-state index in [1.54, 1.807) is 25.3 Å². The van der Waals surface area contributed by atoms with Gasteiger partial charge in [-0.25, -0.2) is 13.8 Å². The standard InChI is InChI=1S/C19H21N3O4S/c1-26-17-8-4-6-15(12-17)14-20-21-19(23)16-7-5-9-18(13-16)27(24,25)22-10-2-3-11-22/h4-9,12-14H,2-3,10-11H2,1H3,(H,21,23)/b20-14+. The summed E-state index contributed by atoms with van der Waals surface area (Å²) in [5.41, 5.74) is 3.41. The first-order valence-corrected chi connectivity index (χ1v) is 10.0. The van der Waals surface area contributed by atoms with Gasteiger partial charge in [-0.3, -0.25) is 4.79 Å². The monoisotopic (exact) mass is 387 g/mol. The zero-order chi connectivity index (χ0) is 19.3. The number of carbonyl (C=O) groups is 1. The molecule has 1 heterocycles. The predicted octanol–water partition coefficient (Wildman–Crippen LogP) is 2.24. The van der Waals surface area contributed by atoms with Crippen molar-refractivity contribution in [3.63, 3.8) is 0 Å². The first kappa shape index (κ1) is 19.1. The van der Waals surface area contributed by atoms with Gasteiger partial charge in [-0.15, -0.1) is 0 Å². The summed E-state index contributed by atoms with van der Waals surface area (Å²) in [4.78, 5) is 12.4. The van der Waals surface area contributed by atoms with Crippen molar-refractivity contribution in [3.05, 3.63) is 59.7 Å². The molecule has 0 aromatic heterocycles. The molecule has 0 atom stereocenters. The van der Waals surface area contributed by atoms with Gasteiger partial charge in [0.1, 0.15) is 5.75 Å². The van der Waals surface area contributed by atoms with E-state index < -0.39 is 15.9 Å². The molecule has 0 bridgehead atoms. The second-order valence-corrected chi connectivity index (χ2v) is 8.05. The van der Waals surface area contributed by atoms with Crippen LogP contribution in [0, 0.1) is 0 Å². The molecular weight excluding hydrogens is 366 g/mol. The number of hydrogen-bond donors (Lipinski definition) is 1. The Morgan fingerprint density at radius 1 is 1.15 bits per heavy atom. The zero-order valence-electron chi connectivity index (χ0n) is 15.0. The number of ether oxygens (including phenoxy) is 1. The van der Waals surface area contributed by atoms with E-state index in [1.165, 1.54) is 22.7 Å². The van der Waals surface area contributed by atoms with E-state index >= 15 is 0 Å². The number of methoxy groups -OCH3 is 1. The highest BCUT2D eigenvalue weighted by Crippen LogP contribution is 2.21. The van der Waals surface area contributed by atoms with Gasteiger partial charge < -0.3 is 4.74 Å². The number of hydrogen-bond acceptors (Lipinski definition) is 5. The van der Waals surface area contributed by atoms with Gasteiger partial charge >= 0.3 is 0 Å². The van der Waals surface area contributed by atoms with E-state index in [0.29, 0.717) is 18.8 Å². The average Bonchev–Trinajstić information content (AvgIpc) is 3.24. The molecule has 1 saturated heterocycles. The summed E-state index contributed by atoms with van der Waals surface area (Å²) in [6.07, 6.45) is 3.21. The topological polar surface area (TPSA) is 88.1 Å². The highest BCUT2D eigenvalue weighted by atomic mass is 32.2. The van der Waals surface area contributed by atoms with E-state index in [9.17, 15) is 13.2 Å². The Labute approximate surface area is 158 Å². The number of sulfonamides is 1. The van der Waals surface area contributed by atoms with Crippen LogP contribution in [0.5, 0.6) is 5.75 Å². The van der Waals surface area contributed by atoms with Crippen LogP contribution < -0.4 is 10.2 Å². The zero-order valence-corrected chi connectivity index (χ0v) is 15.8. The van der Waals surface area contributed by atoms with Crippen molar-refractivity contribution in [2.75, 3.05) is 20.2 Å². The van der Waals surface area contributed by atoms with E-state index in [-0.39, 0.29) is 10.5 Å². The van der Waals surface area contributed by atoms with E-state index in [4.69, 9.17) is 4.74 Å². The second kappa shape index (κ2) is 8.32. The summed E-state index contributed by atoms with van der Waals surface area (Å²) >= 11 is 0. The third kappa shape index (κ3) is 4.53. The molecule has 0 unspecified atom stereocenters. The summed E-state index contributed by atoms with van der Waals surface area (Å²) in [5.74, 6) is 0.206. The van der Waals surface area contributed by atoms with Gasteiger partial charge in [-0.1, -0.05) is 18.2 Å². The van der Waals surface area contributed by atoms with Gasteiger partial charge in [0.15, 0.2) is 0 Å². The second-order valence-electron chi connectivity index (χ2n) is 6.11. The number of benzene rings is 2. The van der Waals surface area contributed by atoms with Crippen molar-refractivity contribution in [1.29, 1.82) is 0 Å². The molecule has 3 rings (SSSR count). The maximum atomic E-state index is 12.6. The van der Waals surface area contributed by atoms with Crippen molar-refractivity contribution >= 4 is 22.1 Å². The third-order valence-corrected chi connectivity index (χ3v) is 6.17. The lowest BCUT2D eigenvalue weighted by molar-refractivity contribution is 0.0955. The fraction of sp³-hybridized carbons (Fsp3) is 0.263. The molecule has 7 nitrogen and oxygen atoms in total. The van der Waals surface area contributed by atoms with Gasteiger partial charge in [0.25, 0.3) is 5.91 Å². The number of nitrogens with zero attached hydrogens (tertiary/aromatic N) is 2. The fourth-order valence-electron chi connectivity index (χ4n) is 2.83. The molecule has 142 valence electrons. The van der Waals surface area contributed by atoms with Gasteiger partial charge in [-0.05, 0) is 48.7 Å². The number of carbonyl (C=O) groups excluding carboxylic acids is 1. The molecule has 8 heteroatoms. The Morgan fingerprint density at radius 3 is 2.63 bits per heavy atom. The summed E-state index contributed by atoms with van der Waals surface area (Å²) in [5, 5.41) is 3.92. The minimum absolute atomic E-state index is 0.119. The molecule has 2 aromatic rings. The lowest BCUT2D eigenvalue weighted by Gasteiger charge is -2.15. The Kier molecular flexibility index (Phi) is 5.88. The molecule has 1 amide bonds. The van der Waals surface area contributed by atoms with Crippen molar-refractivity contribution < 1.29 is 17.9 Å². The smallest absolute Gasteiger partial charge is 0.271 e. The number of hydrazone groups is 1. The minimum atomic E-state index is -3.56. The Hall–Kier alpha value is -2.71. The normalized spacial score (nSPS) is 15.1. The van der Waals surface area contributed by atoms with Crippen LogP contribution in [0.25, 0.3) is 0 Å². The minimum Gasteiger partial charge on any atom is -0.497 e. The number of amides is 1. The van der Waals surface area contributed by atoms with Crippen molar-refractivity contribution in [3.8, 4) is 5.75 Å². The Morgan fingerprint density at radius 2 is 1.89 bits per heavy atom. The molecule has 0 spiro atoms. The van der Waals surface area contributed by atoms with Crippen LogP contribution in [0.1, 0.15) is 28.8 Å². The number of rotatable bonds is 6. The fourth-order valence-corrected chi connectivity index (χ4v) is 4.39. The van der Waals surface area contributed by atoms with Crippen molar-refractivity contribution in [1.82, 2.24) is 9.73 Å². The van der Waals surface area contributed by atoms with Gasteiger partial charge in [0, 0.05) is 18.7 Å². The molecule has 27 heavy (non-hydrogen) atoms. The summed E-state index contributed by atoms with van der Waals surface area (Å²) in [7, 11) is -1.99. The van der Waals surface area contributed by atoms with Gasteiger partial charge in [0.05, 0.1) is 18.2 Å². The highest BCUT2D eigenvalue weighted by molar-refractivity contribution is 7.89. The maximum absolute atomic E-state index is 12.6. The molecule has 1 aliphatic rings. The first-order chi connectivity index (χ1) is 13.0. The van der Waals surface area contributed by atoms with E-state index in [1.807, 2.05) is 18.2 Å². The van der Waals surface area contributed by atoms with Gasteiger partial charge in [0.2, 0.25) is 10.0 Å². The molecule has 2 aromatic carbocycles. The largest absolute Gasteiger partial charge is 0.497 e. The lowest BCUT2D eigenvalue weighted by Crippen LogP contribution is -2.28. The van der Waals surface area contributed by atoms with Crippen molar-refractivity contribution in [2.45, 2.75) is 17.7 Å². The number of nitrogens with one attached hydrogen (secondary N) is 1. The quantitative estimate of drug-likeness (QED) is 0.608. The maximum Gasteiger partial charge on any atom is 0.271 e.